The van der Waals surface area contributed by atoms with E-state index in [1.165, 1.54) is 24.3 Å². The maximum atomic E-state index is 12.9. The summed E-state index contributed by atoms with van der Waals surface area (Å²) in [5.41, 5.74) is 2.50. The number of hydrogen-bond acceptors (Lipinski definition) is 6. The molecule has 2 aromatic heterocycles. The lowest BCUT2D eigenvalue weighted by atomic mass is 10.2. The number of anilines is 1. The minimum Gasteiger partial charge on any atom is -0.376 e. The maximum Gasteiger partial charge on any atom is 0.270 e. The van der Waals surface area contributed by atoms with Crippen LogP contribution in [0.2, 0.25) is 0 Å². The van der Waals surface area contributed by atoms with Crippen LogP contribution in [0.15, 0.2) is 54.6 Å². The zero-order chi connectivity index (χ0) is 22.9. The molecule has 4 aromatic rings. The van der Waals surface area contributed by atoms with Gasteiger partial charge >= 0.3 is 0 Å². The quantitative estimate of drug-likeness (QED) is 0.355. The highest BCUT2D eigenvalue weighted by Gasteiger charge is 2.23. The molecular weight excluding hydrogens is 424 g/mol. The molecule has 1 aliphatic heterocycles. The van der Waals surface area contributed by atoms with Crippen molar-refractivity contribution in [1.29, 1.82) is 0 Å². The van der Waals surface area contributed by atoms with Gasteiger partial charge in [0.25, 0.3) is 11.6 Å². The number of carbonyl (C=O) groups is 1. The van der Waals surface area contributed by atoms with Crippen LogP contribution in [0.1, 0.15) is 28.9 Å². The third-order valence-corrected chi connectivity index (χ3v) is 5.63. The lowest BCUT2D eigenvalue weighted by molar-refractivity contribution is -0.384. The number of non-ortho nitro benzene ring substituents is 1. The van der Waals surface area contributed by atoms with Gasteiger partial charge < -0.3 is 14.6 Å². The van der Waals surface area contributed by atoms with E-state index in [0.717, 1.165) is 30.5 Å². The number of aromatic nitrogens is 4. The van der Waals surface area contributed by atoms with Gasteiger partial charge in [-0.2, -0.15) is 9.78 Å². The van der Waals surface area contributed by atoms with E-state index < -0.39 is 10.8 Å². The van der Waals surface area contributed by atoms with Gasteiger partial charge in [-0.1, -0.05) is 18.2 Å². The molecule has 2 aromatic carbocycles. The van der Waals surface area contributed by atoms with Gasteiger partial charge in [-0.25, -0.2) is 4.98 Å². The van der Waals surface area contributed by atoms with E-state index in [1.54, 1.807) is 10.7 Å². The summed E-state index contributed by atoms with van der Waals surface area (Å²) in [5, 5.41) is 18.5. The molecule has 1 unspecified atom stereocenters. The average Bonchev–Trinajstić information content (AvgIpc) is 3.54. The largest absolute Gasteiger partial charge is 0.376 e. The van der Waals surface area contributed by atoms with Crippen molar-refractivity contribution >= 4 is 28.4 Å². The second kappa shape index (κ2) is 8.47. The third kappa shape index (κ3) is 4.08. The summed E-state index contributed by atoms with van der Waals surface area (Å²) >= 11 is 0. The Morgan fingerprint density at radius 1 is 1.24 bits per heavy atom. The Balaban J connectivity index is 1.53. The molecule has 1 amide bonds. The molecule has 1 atom stereocenters. The Kier molecular flexibility index (Phi) is 5.35. The standard InChI is InChI=1S/C23H22N6O4/c1-15-12-21(25-22(30)16-6-4-7-17(13-16)29(31)32)28(26-15)23-24-19-9-2-3-10-20(19)27(23)14-18-8-5-11-33-18/h2-4,6-7,9-10,12-13,18H,5,8,11,14H2,1H3,(H,25,30). The molecule has 1 N–H and O–H groups in total. The Morgan fingerprint density at radius 2 is 2.09 bits per heavy atom. The molecule has 0 bridgehead atoms. The predicted molar refractivity (Wildman–Crippen MR) is 122 cm³/mol. The van der Waals surface area contributed by atoms with Crippen molar-refractivity contribution in [2.24, 2.45) is 0 Å². The lowest BCUT2D eigenvalue weighted by Crippen LogP contribution is -2.20. The highest BCUT2D eigenvalue weighted by molar-refractivity contribution is 6.04. The number of nitrogens with zero attached hydrogens (tertiary/aromatic N) is 5. The number of amides is 1. The van der Waals surface area contributed by atoms with Crippen molar-refractivity contribution in [3.05, 3.63) is 76.0 Å². The summed E-state index contributed by atoms with van der Waals surface area (Å²) in [5.74, 6) is 0.517. The number of fused-ring (bicyclic) bond motifs is 1. The first-order valence-corrected chi connectivity index (χ1v) is 10.7. The van der Waals surface area contributed by atoms with Gasteiger partial charge in [0.05, 0.1) is 34.3 Å². The van der Waals surface area contributed by atoms with E-state index >= 15 is 0 Å². The Morgan fingerprint density at radius 3 is 2.88 bits per heavy atom. The summed E-state index contributed by atoms with van der Waals surface area (Å²) in [7, 11) is 0. The maximum absolute atomic E-state index is 12.9. The molecule has 0 aliphatic carbocycles. The fourth-order valence-corrected chi connectivity index (χ4v) is 4.09. The van der Waals surface area contributed by atoms with Crippen molar-refractivity contribution in [1.82, 2.24) is 19.3 Å². The minimum atomic E-state index is -0.529. The molecule has 33 heavy (non-hydrogen) atoms. The first-order valence-electron chi connectivity index (χ1n) is 10.7. The van der Waals surface area contributed by atoms with Crippen LogP contribution in [-0.4, -0.2) is 42.9 Å². The summed E-state index contributed by atoms with van der Waals surface area (Å²) < 4.78 is 9.50. The molecule has 1 aliphatic rings. The van der Waals surface area contributed by atoms with Crippen LogP contribution in [-0.2, 0) is 11.3 Å². The van der Waals surface area contributed by atoms with Crippen LogP contribution in [0.25, 0.3) is 17.0 Å². The highest BCUT2D eigenvalue weighted by Crippen LogP contribution is 2.25. The summed E-state index contributed by atoms with van der Waals surface area (Å²) in [6.45, 7) is 3.19. The number of aryl methyl sites for hydroxylation is 1. The van der Waals surface area contributed by atoms with Crippen molar-refractivity contribution < 1.29 is 14.5 Å². The zero-order valence-electron chi connectivity index (χ0n) is 18.0. The number of carbonyl (C=O) groups excluding carboxylic acids is 1. The van der Waals surface area contributed by atoms with Gasteiger partial charge in [-0.05, 0) is 38.0 Å². The smallest absolute Gasteiger partial charge is 0.270 e. The molecule has 5 rings (SSSR count). The number of para-hydroxylation sites is 2. The lowest BCUT2D eigenvalue weighted by Gasteiger charge is -2.15. The van der Waals surface area contributed by atoms with Crippen LogP contribution in [0.3, 0.4) is 0 Å². The number of nitro benzene ring substituents is 1. The van der Waals surface area contributed by atoms with Gasteiger partial charge in [-0.15, -0.1) is 0 Å². The van der Waals surface area contributed by atoms with Crippen LogP contribution >= 0.6 is 0 Å². The number of nitrogens with one attached hydrogen (secondary N) is 1. The van der Waals surface area contributed by atoms with E-state index in [1.807, 2.05) is 31.2 Å². The van der Waals surface area contributed by atoms with Gasteiger partial charge in [0.15, 0.2) is 0 Å². The fraction of sp³-hybridized carbons (Fsp3) is 0.261. The second-order valence-electron chi connectivity index (χ2n) is 7.99. The van der Waals surface area contributed by atoms with E-state index in [-0.39, 0.29) is 17.4 Å². The number of nitro groups is 1. The number of rotatable bonds is 6. The SMILES string of the molecule is Cc1cc(NC(=O)c2cccc([N+](=O)[O-])c2)n(-c2nc3ccccc3n2CC2CCCO2)n1. The molecule has 1 fully saturated rings. The predicted octanol–water partition coefficient (Wildman–Crippen LogP) is 3.87. The van der Waals surface area contributed by atoms with E-state index in [9.17, 15) is 14.9 Å². The van der Waals surface area contributed by atoms with Crippen LogP contribution in [0.4, 0.5) is 11.5 Å². The summed E-state index contributed by atoms with van der Waals surface area (Å²) in [6, 6.07) is 15.2. The topological polar surface area (TPSA) is 117 Å². The second-order valence-corrected chi connectivity index (χ2v) is 7.99. The Labute approximate surface area is 188 Å². The molecule has 10 nitrogen and oxygen atoms in total. The van der Waals surface area contributed by atoms with Crippen molar-refractivity contribution in [3.8, 4) is 5.95 Å². The first-order chi connectivity index (χ1) is 16.0. The molecule has 168 valence electrons. The van der Waals surface area contributed by atoms with Gasteiger partial charge in [0.2, 0.25) is 5.95 Å². The van der Waals surface area contributed by atoms with Crippen LogP contribution in [0.5, 0.6) is 0 Å². The summed E-state index contributed by atoms with van der Waals surface area (Å²) in [6.07, 6.45) is 2.08. The molecule has 3 heterocycles. The monoisotopic (exact) mass is 446 g/mol. The molecule has 10 heteroatoms. The Hall–Kier alpha value is -4.05. The first kappa shape index (κ1) is 20.8. The van der Waals surface area contributed by atoms with Crippen molar-refractivity contribution in [2.45, 2.75) is 32.4 Å². The molecule has 0 radical (unpaired) electrons. The number of benzene rings is 2. The number of ether oxygens (including phenoxy) is 1. The number of imidazole rings is 1. The Bertz CT molecular complexity index is 1350. The molecule has 0 saturated carbocycles. The fourth-order valence-electron chi connectivity index (χ4n) is 4.09. The highest BCUT2D eigenvalue weighted by atomic mass is 16.6. The third-order valence-electron chi connectivity index (χ3n) is 5.63. The van der Waals surface area contributed by atoms with Crippen LogP contribution in [0, 0.1) is 17.0 Å². The molecular formula is C23H22N6O4. The summed E-state index contributed by atoms with van der Waals surface area (Å²) in [4.78, 5) is 28.2. The van der Waals surface area contributed by atoms with Crippen molar-refractivity contribution in [3.63, 3.8) is 0 Å². The van der Waals surface area contributed by atoms with Gasteiger partial charge in [0.1, 0.15) is 5.82 Å². The van der Waals surface area contributed by atoms with Gasteiger partial charge in [0, 0.05) is 30.4 Å². The average molecular weight is 446 g/mol. The van der Waals surface area contributed by atoms with E-state index in [2.05, 4.69) is 15.0 Å². The van der Waals surface area contributed by atoms with Gasteiger partial charge in [-0.3, -0.25) is 14.9 Å². The van der Waals surface area contributed by atoms with E-state index in [0.29, 0.717) is 24.0 Å². The normalized spacial score (nSPS) is 15.7. The molecule has 1 saturated heterocycles. The molecule has 0 spiro atoms. The van der Waals surface area contributed by atoms with E-state index in [4.69, 9.17) is 9.72 Å². The minimum absolute atomic E-state index is 0.0842. The number of hydrogen-bond donors (Lipinski definition) is 1. The zero-order valence-corrected chi connectivity index (χ0v) is 18.0. The van der Waals surface area contributed by atoms with Crippen LogP contribution < -0.4 is 5.32 Å². The van der Waals surface area contributed by atoms with Crippen molar-refractivity contribution in [2.75, 3.05) is 11.9 Å².